The van der Waals surface area contributed by atoms with Gasteiger partial charge in [0.05, 0.1) is 5.56 Å². The lowest BCUT2D eigenvalue weighted by Gasteiger charge is -2.08. The van der Waals surface area contributed by atoms with E-state index in [4.69, 9.17) is 0 Å². The number of alkyl halides is 3. The third-order valence-corrected chi connectivity index (χ3v) is 2.09. The Morgan fingerprint density at radius 1 is 1.13 bits per heavy atom. The molecule has 82 valence electrons. The Kier molecular flexibility index (Phi) is 2.83. The minimum atomic E-state index is -5.04. The summed E-state index contributed by atoms with van der Waals surface area (Å²) in [4.78, 5) is 10.8. The lowest BCUT2D eigenvalue weighted by Crippen LogP contribution is -2.24. The molecule has 15 heavy (non-hydrogen) atoms. The average Bonchev–Trinajstić information content (AvgIpc) is 2.08. The highest BCUT2D eigenvalue weighted by atomic mass is 19.4. The molecule has 1 aromatic rings. The fourth-order valence-corrected chi connectivity index (χ4v) is 1.11. The Morgan fingerprint density at radius 3 is 2.07 bits per heavy atom. The van der Waals surface area contributed by atoms with Crippen LogP contribution < -0.4 is 0 Å². The van der Waals surface area contributed by atoms with Crippen molar-refractivity contribution in [3.05, 3.63) is 34.6 Å². The van der Waals surface area contributed by atoms with Crippen molar-refractivity contribution in [2.75, 3.05) is 0 Å². The average molecular weight is 220 g/mol. The Morgan fingerprint density at radius 2 is 1.60 bits per heavy atom. The maximum atomic E-state index is 13.1. The number of carbonyl (C=O) groups is 1. The van der Waals surface area contributed by atoms with Gasteiger partial charge in [0.15, 0.2) is 0 Å². The molecule has 0 radical (unpaired) electrons. The van der Waals surface area contributed by atoms with Crippen LogP contribution >= 0.6 is 0 Å². The molecule has 0 fully saturated rings. The monoisotopic (exact) mass is 220 g/mol. The number of hydrogen-bond donors (Lipinski definition) is 0. The normalized spacial score (nSPS) is 11.6. The van der Waals surface area contributed by atoms with Crippen molar-refractivity contribution in [2.24, 2.45) is 0 Å². The summed E-state index contributed by atoms with van der Waals surface area (Å²) in [7, 11) is 0. The third-order valence-electron chi connectivity index (χ3n) is 2.09. The molecular weight excluding hydrogens is 212 g/mol. The van der Waals surface area contributed by atoms with Crippen LogP contribution in [0.1, 0.15) is 21.5 Å². The summed E-state index contributed by atoms with van der Waals surface area (Å²) in [6.07, 6.45) is -5.04. The minimum Gasteiger partial charge on any atom is -0.284 e. The Labute approximate surface area is 83.7 Å². The van der Waals surface area contributed by atoms with Gasteiger partial charge < -0.3 is 0 Å². The molecule has 0 unspecified atom stereocenters. The van der Waals surface area contributed by atoms with Gasteiger partial charge in [-0.3, -0.25) is 4.79 Å². The third kappa shape index (κ3) is 2.34. The van der Waals surface area contributed by atoms with Crippen molar-refractivity contribution in [3.63, 3.8) is 0 Å². The van der Waals surface area contributed by atoms with Gasteiger partial charge in [-0.05, 0) is 37.1 Å². The summed E-state index contributed by atoms with van der Waals surface area (Å²) in [6.45, 7) is 3.07. The van der Waals surface area contributed by atoms with Crippen LogP contribution in [0.3, 0.4) is 0 Å². The molecule has 0 atom stereocenters. The Hall–Kier alpha value is -1.39. The van der Waals surface area contributed by atoms with Crippen molar-refractivity contribution in [3.8, 4) is 0 Å². The molecule has 0 heterocycles. The molecular formula is C10H8F4O. The van der Waals surface area contributed by atoms with Gasteiger partial charge in [0, 0.05) is 0 Å². The fraction of sp³-hybridized carbons (Fsp3) is 0.300. The summed E-state index contributed by atoms with van der Waals surface area (Å²) in [5.41, 5.74) is 0.0285. The van der Waals surface area contributed by atoms with Crippen LogP contribution in [0.2, 0.25) is 0 Å². The van der Waals surface area contributed by atoms with E-state index >= 15 is 0 Å². The number of ketones is 1. The van der Waals surface area contributed by atoms with Crippen molar-refractivity contribution < 1.29 is 22.4 Å². The fourth-order valence-electron chi connectivity index (χ4n) is 1.11. The number of halogens is 4. The van der Waals surface area contributed by atoms with Gasteiger partial charge >= 0.3 is 6.18 Å². The number of hydrogen-bond acceptors (Lipinski definition) is 1. The van der Waals surface area contributed by atoms with Crippen LogP contribution in [0.4, 0.5) is 17.6 Å². The number of carbonyl (C=O) groups excluding carboxylic acids is 1. The summed E-state index contributed by atoms with van der Waals surface area (Å²) in [6, 6.07) is 1.84. The predicted molar refractivity (Wildman–Crippen MR) is 46.3 cm³/mol. The van der Waals surface area contributed by atoms with Crippen molar-refractivity contribution >= 4 is 5.78 Å². The number of benzene rings is 1. The molecule has 0 amide bonds. The van der Waals surface area contributed by atoms with E-state index in [9.17, 15) is 22.4 Å². The van der Waals surface area contributed by atoms with Crippen molar-refractivity contribution in [2.45, 2.75) is 20.0 Å². The smallest absolute Gasteiger partial charge is 0.284 e. The highest BCUT2D eigenvalue weighted by molar-refractivity contribution is 6.00. The first-order chi connectivity index (χ1) is 6.73. The Bertz CT molecular complexity index is 407. The SMILES string of the molecule is Cc1cc(F)c(C(=O)C(F)(F)F)cc1C. The Balaban J connectivity index is 3.28. The first-order valence-corrected chi connectivity index (χ1v) is 4.11. The van der Waals surface area contributed by atoms with Crippen LogP contribution in [0.15, 0.2) is 12.1 Å². The molecule has 0 aromatic heterocycles. The van der Waals surface area contributed by atoms with E-state index < -0.39 is 23.3 Å². The molecule has 0 spiro atoms. The van der Waals surface area contributed by atoms with Gasteiger partial charge in [-0.25, -0.2) is 4.39 Å². The largest absolute Gasteiger partial charge is 0.454 e. The van der Waals surface area contributed by atoms with Crippen molar-refractivity contribution in [1.82, 2.24) is 0 Å². The number of Topliss-reactive ketones (excluding diaryl/α,β-unsaturated/α-hetero) is 1. The van der Waals surface area contributed by atoms with Gasteiger partial charge in [-0.1, -0.05) is 0 Å². The molecule has 0 bridgehead atoms. The second kappa shape index (κ2) is 3.64. The van der Waals surface area contributed by atoms with Crippen LogP contribution in [0.5, 0.6) is 0 Å². The molecule has 0 saturated carbocycles. The second-order valence-electron chi connectivity index (χ2n) is 3.24. The quantitative estimate of drug-likeness (QED) is 0.524. The van der Waals surface area contributed by atoms with E-state index in [0.717, 1.165) is 12.1 Å². The lowest BCUT2D eigenvalue weighted by atomic mass is 10.0. The molecule has 1 aromatic carbocycles. The van der Waals surface area contributed by atoms with E-state index in [1.54, 1.807) is 6.92 Å². The van der Waals surface area contributed by atoms with Crippen molar-refractivity contribution in [1.29, 1.82) is 0 Å². The maximum absolute atomic E-state index is 13.1. The summed E-state index contributed by atoms with van der Waals surface area (Å²) >= 11 is 0. The lowest BCUT2D eigenvalue weighted by molar-refractivity contribution is -0.0887. The number of aryl methyl sites for hydroxylation is 2. The molecule has 0 aliphatic rings. The van der Waals surface area contributed by atoms with Gasteiger partial charge in [-0.2, -0.15) is 13.2 Å². The van der Waals surface area contributed by atoms with Gasteiger partial charge in [-0.15, -0.1) is 0 Å². The second-order valence-corrected chi connectivity index (χ2v) is 3.24. The molecule has 0 N–H and O–H groups in total. The van der Waals surface area contributed by atoms with E-state index in [1.807, 2.05) is 0 Å². The predicted octanol–water partition coefficient (Wildman–Crippen LogP) is 3.19. The van der Waals surface area contributed by atoms with Crippen LogP contribution in [-0.2, 0) is 0 Å². The summed E-state index contributed by atoms with van der Waals surface area (Å²) in [5.74, 6) is -3.29. The summed E-state index contributed by atoms with van der Waals surface area (Å²) < 4.78 is 49.2. The molecule has 0 aliphatic heterocycles. The van der Waals surface area contributed by atoms with E-state index in [2.05, 4.69) is 0 Å². The maximum Gasteiger partial charge on any atom is 0.454 e. The molecule has 0 saturated heterocycles. The molecule has 1 rings (SSSR count). The van der Waals surface area contributed by atoms with Crippen LogP contribution in [0, 0.1) is 19.7 Å². The van der Waals surface area contributed by atoms with E-state index in [1.165, 1.54) is 6.92 Å². The minimum absolute atomic E-state index is 0.448. The highest BCUT2D eigenvalue weighted by Crippen LogP contribution is 2.24. The zero-order chi connectivity index (χ0) is 11.8. The topological polar surface area (TPSA) is 17.1 Å². The van der Waals surface area contributed by atoms with Crippen LogP contribution in [-0.4, -0.2) is 12.0 Å². The van der Waals surface area contributed by atoms with E-state index in [0.29, 0.717) is 11.1 Å². The zero-order valence-corrected chi connectivity index (χ0v) is 8.07. The van der Waals surface area contributed by atoms with Crippen LogP contribution in [0.25, 0.3) is 0 Å². The standard InChI is InChI=1S/C10H8F4O/c1-5-3-7(8(11)4-6(5)2)9(15)10(12,13)14/h3-4H,1-2H3. The van der Waals surface area contributed by atoms with E-state index in [-0.39, 0.29) is 0 Å². The van der Waals surface area contributed by atoms with Gasteiger partial charge in [0.25, 0.3) is 5.78 Å². The first kappa shape index (κ1) is 11.7. The van der Waals surface area contributed by atoms with Gasteiger partial charge in [0.2, 0.25) is 0 Å². The van der Waals surface area contributed by atoms with Gasteiger partial charge in [0.1, 0.15) is 5.82 Å². The highest BCUT2D eigenvalue weighted by Gasteiger charge is 2.40. The first-order valence-electron chi connectivity index (χ1n) is 4.11. The molecule has 1 nitrogen and oxygen atoms in total. The molecule has 5 heteroatoms. The number of rotatable bonds is 1. The zero-order valence-electron chi connectivity index (χ0n) is 8.07. The summed E-state index contributed by atoms with van der Waals surface area (Å²) in [5, 5.41) is 0. The molecule has 0 aliphatic carbocycles.